The minimum absolute atomic E-state index is 0.0980. The average molecular weight is 290 g/mol. The van der Waals surface area contributed by atoms with E-state index < -0.39 is 17.4 Å². The van der Waals surface area contributed by atoms with E-state index in [9.17, 15) is 13.6 Å². The molecule has 0 saturated carbocycles. The number of ether oxygens (including phenoxy) is 1. The Kier molecular flexibility index (Phi) is 4.68. The second-order valence-corrected chi connectivity index (χ2v) is 4.71. The van der Waals surface area contributed by atoms with Crippen LogP contribution in [0.5, 0.6) is 5.75 Å². The number of rotatable bonds is 5. The van der Waals surface area contributed by atoms with Crippen LogP contribution < -0.4 is 4.74 Å². The fourth-order valence-electron chi connectivity index (χ4n) is 2.22. The maximum Gasteiger partial charge on any atom is 0.199 e. The topological polar surface area (TPSA) is 26.3 Å². The number of carbonyl (C=O) groups is 1. The van der Waals surface area contributed by atoms with Crippen LogP contribution in [0.4, 0.5) is 8.78 Å². The molecule has 0 N–H and O–H groups in total. The number of halogens is 2. The van der Waals surface area contributed by atoms with Crippen LogP contribution in [-0.2, 0) is 6.42 Å². The van der Waals surface area contributed by atoms with Crippen LogP contribution in [0.2, 0.25) is 0 Å². The van der Waals surface area contributed by atoms with E-state index in [0.717, 1.165) is 12.5 Å². The van der Waals surface area contributed by atoms with E-state index in [-0.39, 0.29) is 16.9 Å². The first-order valence-corrected chi connectivity index (χ1v) is 6.74. The molecule has 0 unspecified atom stereocenters. The highest BCUT2D eigenvalue weighted by atomic mass is 19.1. The summed E-state index contributed by atoms with van der Waals surface area (Å²) in [5.41, 5.74) is 0.410. The summed E-state index contributed by atoms with van der Waals surface area (Å²) in [5.74, 6) is -1.56. The minimum Gasteiger partial charge on any atom is -0.496 e. The summed E-state index contributed by atoms with van der Waals surface area (Å²) >= 11 is 0. The Bertz CT molecular complexity index is 666. The van der Waals surface area contributed by atoms with E-state index >= 15 is 0 Å². The van der Waals surface area contributed by atoms with Crippen molar-refractivity contribution in [1.82, 2.24) is 0 Å². The summed E-state index contributed by atoms with van der Waals surface area (Å²) in [5, 5.41) is 0. The van der Waals surface area contributed by atoms with E-state index in [1.807, 2.05) is 6.92 Å². The molecule has 0 saturated heterocycles. The van der Waals surface area contributed by atoms with Crippen molar-refractivity contribution in [3.63, 3.8) is 0 Å². The van der Waals surface area contributed by atoms with Crippen molar-refractivity contribution in [3.05, 3.63) is 64.7 Å². The molecule has 0 aliphatic carbocycles. The van der Waals surface area contributed by atoms with E-state index in [1.54, 1.807) is 12.1 Å². The lowest BCUT2D eigenvalue weighted by Gasteiger charge is -2.12. The largest absolute Gasteiger partial charge is 0.496 e. The summed E-state index contributed by atoms with van der Waals surface area (Å²) in [6.45, 7) is 1.93. The monoisotopic (exact) mass is 290 g/mol. The van der Waals surface area contributed by atoms with Gasteiger partial charge in [-0.25, -0.2) is 8.78 Å². The number of carbonyl (C=O) groups excluding carboxylic acids is 1. The van der Waals surface area contributed by atoms with Gasteiger partial charge in [0.15, 0.2) is 5.78 Å². The lowest BCUT2D eigenvalue weighted by atomic mass is 9.97. The Balaban J connectivity index is 2.55. The van der Waals surface area contributed by atoms with Crippen LogP contribution in [0.25, 0.3) is 0 Å². The number of ketones is 1. The molecule has 0 spiro atoms. The Morgan fingerprint density at radius 2 is 1.95 bits per heavy atom. The normalized spacial score (nSPS) is 10.5. The molecule has 2 rings (SSSR count). The van der Waals surface area contributed by atoms with Gasteiger partial charge in [-0.1, -0.05) is 31.5 Å². The van der Waals surface area contributed by atoms with Crippen LogP contribution in [0.1, 0.15) is 34.8 Å². The summed E-state index contributed by atoms with van der Waals surface area (Å²) in [6, 6.07) is 8.38. The third kappa shape index (κ3) is 3.10. The van der Waals surface area contributed by atoms with E-state index in [0.29, 0.717) is 12.0 Å². The number of methoxy groups -OCH3 is 1. The molecule has 2 aromatic carbocycles. The lowest BCUT2D eigenvalue weighted by molar-refractivity contribution is 0.103. The molecule has 0 atom stereocenters. The highest BCUT2D eigenvalue weighted by Gasteiger charge is 2.22. The molecule has 0 amide bonds. The quantitative estimate of drug-likeness (QED) is 0.773. The first kappa shape index (κ1) is 15.2. The molecular weight excluding hydrogens is 274 g/mol. The predicted octanol–water partition coefficient (Wildman–Crippen LogP) is 4.16. The summed E-state index contributed by atoms with van der Waals surface area (Å²) in [6.07, 6.45) is 1.29. The summed E-state index contributed by atoms with van der Waals surface area (Å²) in [7, 11) is 1.37. The zero-order valence-electron chi connectivity index (χ0n) is 12.0. The second kappa shape index (κ2) is 6.48. The number of hydrogen-bond donors (Lipinski definition) is 0. The zero-order chi connectivity index (χ0) is 15.4. The van der Waals surface area contributed by atoms with Crippen molar-refractivity contribution in [1.29, 1.82) is 0 Å². The van der Waals surface area contributed by atoms with Gasteiger partial charge in [-0.05, 0) is 30.2 Å². The molecule has 110 valence electrons. The molecule has 0 heterocycles. The molecule has 2 nitrogen and oxygen atoms in total. The maximum absolute atomic E-state index is 14.5. The Hall–Kier alpha value is -2.23. The fourth-order valence-corrected chi connectivity index (χ4v) is 2.22. The molecule has 0 aromatic heterocycles. The lowest BCUT2D eigenvalue weighted by Crippen LogP contribution is -2.09. The van der Waals surface area contributed by atoms with Gasteiger partial charge in [0.1, 0.15) is 22.9 Å². The Morgan fingerprint density at radius 3 is 2.57 bits per heavy atom. The Labute approximate surface area is 122 Å². The van der Waals surface area contributed by atoms with Gasteiger partial charge in [0.05, 0.1) is 7.11 Å². The van der Waals surface area contributed by atoms with E-state index in [2.05, 4.69) is 0 Å². The second-order valence-electron chi connectivity index (χ2n) is 4.71. The van der Waals surface area contributed by atoms with Crippen molar-refractivity contribution >= 4 is 5.78 Å². The van der Waals surface area contributed by atoms with Gasteiger partial charge in [-0.3, -0.25) is 4.79 Å². The van der Waals surface area contributed by atoms with Crippen molar-refractivity contribution < 1.29 is 18.3 Å². The van der Waals surface area contributed by atoms with Gasteiger partial charge in [-0.15, -0.1) is 0 Å². The highest BCUT2D eigenvalue weighted by molar-refractivity contribution is 6.11. The predicted molar refractivity (Wildman–Crippen MR) is 76.8 cm³/mol. The fraction of sp³-hybridized carbons (Fsp3) is 0.235. The van der Waals surface area contributed by atoms with Gasteiger partial charge in [-0.2, -0.15) is 0 Å². The molecule has 0 bridgehead atoms. The molecular formula is C17H16F2O2. The van der Waals surface area contributed by atoms with Crippen LogP contribution in [0, 0.1) is 11.6 Å². The number of hydrogen-bond acceptors (Lipinski definition) is 2. The van der Waals surface area contributed by atoms with Crippen LogP contribution >= 0.6 is 0 Å². The van der Waals surface area contributed by atoms with Crippen LogP contribution in [0.15, 0.2) is 36.4 Å². The number of benzene rings is 2. The van der Waals surface area contributed by atoms with Crippen molar-refractivity contribution in [3.8, 4) is 5.75 Å². The van der Waals surface area contributed by atoms with E-state index in [4.69, 9.17) is 4.74 Å². The molecule has 21 heavy (non-hydrogen) atoms. The van der Waals surface area contributed by atoms with Gasteiger partial charge in [0.25, 0.3) is 0 Å². The van der Waals surface area contributed by atoms with Gasteiger partial charge < -0.3 is 4.74 Å². The molecule has 0 aliphatic heterocycles. The van der Waals surface area contributed by atoms with Gasteiger partial charge >= 0.3 is 0 Å². The first-order chi connectivity index (χ1) is 10.1. The van der Waals surface area contributed by atoms with Crippen LogP contribution in [-0.4, -0.2) is 12.9 Å². The third-order valence-corrected chi connectivity index (χ3v) is 3.24. The van der Waals surface area contributed by atoms with E-state index in [1.165, 1.54) is 25.3 Å². The SMILES string of the molecule is CCCc1ccc(OC)c(C(=O)c2cccc(F)c2)c1F. The van der Waals surface area contributed by atoms with Crippen molar-refractivity contribution in [2.45, 2.75) is 19.8 Å². The van der Waals surface area contributed by atoms with Crippen LogP contribution in [0.3, 0.4) is 0 Å². The minimum atomic E-state index is -0.592. The molecule has 0 aliphatic rings. The molecule has 0 radical (unpaired) electrons. The Morgan fingerprint density at radius 1 is 1.19 bits per heavy atom. The van der Waals surface area contributed by atoms with Gasteiger partial charge in [0, 0.05) is 5.56 Å². The third-order valence-electron chi connectivity index (χ3n) is 3.24. The highest BCUT2D eigenvalue weighted by Crippen LogP contribution is 2.28. The smallest absolute Gasteiger partial charge is 0.199 e. The molecule has 2 aromatic rings. The van der Waals surface area contributed by atoms with Crippen molar-refractivity contribution in [2.24, 2.45) is 0 Å². The summed E-state index contributed by atoms with van der Waals surface area (Å²) < 4.78 is 32.9. The first-order valence-electron chi connectivity index (χ1n) is 6.74. The molecule has 0 fully saturated rings. The standard InChI is InChI=1S/C17H16F2O2/c1-3-5-11-8-9-14(21-2)15(16(11)19)17(20)12-6-4-7-13(18)10-12/h4,6-10H,3,5H2,1-2H3. The van der Waals surface area contributed by atoms with Crippen molar-refractivity contribution in [2.75, 3.05) is 7.11 Å². The molecule has 4 heteroatoms. The summed E-state index contributed by atoms with van der Waals surface area (Å²) in [4.78, 5) is 12.5. The number of aryl methyl sites for hydroxylation is 1. The zero-order valence-corrected chi connectivity index (χ0v) is 12.0. The van der Waals surface area contributed by atoms with Gasteiger partial charge in [0.2, 0.25) is 0 Å². The maximum atomic E-state index is 14.5. The average Bonchev–Trinajstić information content (AvgIpc) is 2.48.